The van der Waals surface area contributed by atoms with Gasteiger partial charge < -0.3 is 0 Å². The van der Waals surface area contributed by atoms with E-state index in [-0.39, 0.29) is 7.43 Å². The van der Waals surface area contributed by atoms with Crippen LogP contribution in [-0.4, -0.2) is 4.98 Å². The Kier molecular flexibility index (Phi) is 4.72. The number of pyridine rings is 1. The second-order valence-electron chi connectivity index (χ2n) is 4.19. The maximum absolute atomic E-state index is 4.04. The number of allylic oxidation sites excluding steroid dienone is 4. The molecule has 0 bridgehead atoms. The molecule has 0 saturated heterocycles. The van der Waals surface area contributed by atoms with Gasteiger partial charge in [-0.15, -0.1) is 0 Å². The monoisotopic (exact) mass is 225 g/mol. The summed E-state index contributed by atoms with van der Waals surface area (Å²) in [6.45, 7) is 4.45. The molecule has 0 aliphatic heterocycles. The van der Waals surface area contributed by atoms with Gasteiger partial charge in [-0.25, -0.2) is 0 Å². The first-order valence-electron chi connectivity index (χ1n) is 5.58. The topological polar surface area (TPSA) is 12.9 Å². The first-order valence-corrected chi connectivity index (χ1v) is 5.58. The quantitative estimate of drug-likeness (QED) is 0.611. The molecule has 0 radical (unpaired) electrons. The molecule has 0 amide bonds. The normalized spacial score (nSPS) is 21.9. The lowest BCUT2D eigenvalue weighted by atomic mass is 9.89. The standard InChI is InChI=1S/C15H15N.CH4/c1-12-5-6-14(10-13(12)2)7-8-15-4-3-9-16-11-15;/h3-6,9-13H,1-2H3;1H4. The van der Waals surface area contributed by atoms with Crippen molar-refractivity contribution in [3.8, 4) is 11.8 Å². The molecule has 2 unspecified atom stereocenters. The van der Waals surface area contributed by atoms with Crippen LogP contribution in [0.1, 0.15) is 26.8 Å². The number of rotatable bonds is 0. The van der Waals surface area contributed by atoms with Crippen molar-refractivity contribution in [2.75, 3.05) is 0 Å². The van der Waals surface area contributed by atoms with Crippen LogP contribution in [0.5, 0.6) is 0 Å². The van der Waals surface area contributed by atoms with Crippen molar-refractivity contribution in [2.45, 2.75) is 21.3 Å². The van der Waals surface area contributed by atoms with Crippen molar-refractivity contribution in [2.24, 2.45) is 11.8 Å². The third kappa shape index (κ3) is 3.60. The summed E-state index contributed by atoms with van der Waals surface area (Å²) >= 11 is 0. The Morgan fingerprint density at radius 1 is 1.18 bits per heavy atom. The molecule has 0 fully saturated rings. The van der Waals surface area contributed by atoms with Crippen LogP contribution >= 0.6 is 0 Å². The molecular weight excluding hydrogens is 206 g/mol. The van der Waals surface area contributed by atoms with Gasteiger partial charge in [-0.2, -0.15) is 0 Å². The average molecular weight is 225 g/mol. The van der Waals surface area contributed by atoms with Gasteiger partial charge >= 0.3 is 0 Å². The molecule has 0 N–H and O–H groups in total. The van der Waals surface area contributed by atoms with Crippen LogP contribution in [0.3, 0.4) is 0 Å². The van der Waals surface area contributed by atoms with Gasteiger partial charge in [-0.1, -0.05) is 51.3 Å². The highest BCUT2D eigenvalue weighted by Gasteiger charge is 2.10. The Labute approximate surface area is 104 Å². The summed E-state index contributed by atoms with van der Waals surface area (Å²) in [5, 5.41) is 0. The molecule has 17 heavy (non-hydrogen) atoms. The Morgan fingerprint density at radius 2 is 2.00 bits per heavy atom. The molecule has 1 heterocycles. The Hall–Kier alpha value is -1.81. The Bertz CT molecular complexity index is 471. The number of hydrogen-bond acceptors (Lipinski definition) is 1. The summed E-state index contributed by atoms with van der Waals surface area (Å²) in [7, 11) is 0. The number of aromatic nitrogens is 1. The van der Waals surface area contributed by atoms with Crippen LogP contribution in [0.2, 0.25) is 0 Å². The first kappa shape index (κ1) is 13.3. The van der Waals surface area contributed by atoms with Gasteiger partial charge in [0.05, 0.1) is 0 Å². The lowest BCUT2D eigenvalue weighted by Gasteiger charge is -2.16. The lowest BCUT2D eigenvalue weighted by Crippen LogP contribution is -2.06. The van der Waals surface area contributed by atoms with E-state index >= 15 is 0 Å². The first-order chi connectivity index (χ1) is 7.75. The van der Waals surface area contributed by atoms with Crippen molar-refractivity contribution < 1.29 is 0 Å². The zero-order valence-corrected chi connectivity index (χ0v) is 9.64. The number of nitrogens with zero attached hydrogens (tertiary/aromatic N) is 1. The van der Waals surface area contributed by atoms with Crippen molar-refractivity contribution >= 4 is 0 Å². The van der Waals surface area contributed by atoms with E-state index in [1.54, 1.807) is 12.4 Å². The average Bonchev–Trinajstić information content (AvgIpc) is 2.32. The van der Waals surface area contributed by atoms with Crippen molar-refractivity contribution in [1.29, 1.82) is 0 Å². The molecule has 2 rings (SSSR count). The summed E-state index contributed by atoms with van der Waals surface area (Å²) < 4.78 is 0. The molecule has 2 atom stereocenters. The third-order valence-electron chi connectivity index (χ3n) is 2.86. The highest BCUT2D eigenvalue weighted by atomic mass is 14.6. The third-order valence-corrected chi connectivity index (χ3v) is 2.86. The van der Waals surface area contributed by atoms with Crippen LogP contribution in [0.4, 0.5) is 0 Å². The van der Waals surface area contributed by atoms with Gasteiger partial charge in [0.2, 0.25) is 0 Å². The van der Waals surface area contributed by atoms with E-state index in [0.29, 0.717) is 11.8 Å². The van der Waals surface area contributed by atoms with E-state index < -0.39 is 0 Å². The van der Waals surface area contributed by atoms with Gasteiger partial charge in [-0.3, -0.25) is 4.98 Å². The molecule has 1 nitrogen and oxygen atoms in total. The zero-order chi connectivity index (χ0) is 11.4. The molecule has 1 aromatic rings. The second kappa shape index (κ2) is 6.06. The highest BCUT2D eigenvalue weighted by Crippen LogP contribution is 2.21. The van der Waals surface area contributed by atoms with Crippen molar-refractivity contribution in [1.82, 2.24) is 4.98 Å². The van der Waals surface area contributed by atoms with Gasteiger partial charge in [0, 0.05) is 23.5 Å². The predicted octanol–water partition coefficient (Wildman–Crippen LogP) is 3.84. The fourth-order valence-electron chi connectivity index (χ4n) is 1.59. The van der Waals surface area contributed by atoms with Crippen molar-refractivity contribution in [3.05, 3.63) is 53.9 Å². The lowest BCUT2D eigenvalue weighted by molar-refractivity contribution is 0.550. The number of hydrogen-bond donors (Lipinski definition) is 0. The van der Waals surface area contributed by atoms with E-state index in [9.17, 15) is 0 Å². The van der Waals surface area contributed by atoms with E-state index in [0.717, 1.165) is 11.1 Å². The molecule has 0 aromatic carbocycles. The van der Waals surface area contributed by atoms with Gasteiger partial charge in [0.15, 0.2) is 0 Å². The summed E-state index contributed by atoms with van der Waals surface area (Å²) in [4.78, 5) is 4.04. The minimum absolute atomic E-state index is 0. The smallest absolute Gasteiger partial charge is 0.0432 e. The molecule has 1 aliphatic rings. The molecule has 0 spiro atoms. The van der Waals surface area contributed by atoms with Crippen LogP contribution in [-0.2, 0) is 0 Å². The predicted molar refractivity (Wildman–Crippen MR) is 73.4 cm³/mol. The van der Waals surface area contributed by atoms with Crippen molar-refractivity contribution in [3.63, 3.8) is 0 Å². The van der Waals surface area contributed by atoms with E-state index in [1.165, 1.54) is 0 Å². The van der Waals surface area contributed by atoms with E-state index in [1.807, 2.05) is 12.1 Å². The summed E-state index contributed by atoms with van der Waals surface area (Å²) in [5.74, 6) is 7.48. The van der Waals surface area contributed by atoms with Crippen LogP contribution in [0.15, 0.2) is 48.3 Å². The largest absolute Gasteiger partial charge is 0.263 e. The van der Waals surface area contributed by atoms with Crippen LogP contribution in [0.25, 0.3) is 0 Å². The highest BCUT2D eigenvalue weighted by molar-refractivity contribution is 5.45. The molecule has 88 valence electrons. The second-order valence-corrected chi connectivity index (χ2v) is 4.19. The molecule has 0 saturated carbocycles. The molecule has 1 heteroatoms. The van der Waals surface area contributed by atoms with Crippen LogP contribution < -0.4 is 0 Å². The Balaban J connectivity index is 0.00000144. The fraction of sp³-hybridized carbons (Fsp3) is 0.312. The maximum atomic E-state index is 4.04. The SMILES string of the molecule is C.CC1C=CC(C#Cc2cccnc2)=CC1C. The summed E-state index contributed by atoms with van der Waals surface area (Å²) in [6.07, 6.45) is 10.1. The summed E-state index contributed by atoms with van der Waals surface area (Å²) in [6, 6.07) is 3.87. The minimum Gasteiger partial charge on any atom is -0.263 e. The molecule has 1 aromatic heterocycles. The Morgan fingerprint density at radius 3 is 2.65 bits per heavy atom. The molecular formula is C16H19N. The fourth-order valence-corrected chi connectivity index (χ4v) is 1.59. The summed E-state index contributed by atoms with van der Waals surface area (Å²) in [5.41, 5.74) is 2.07. The van der Waals surface area contributed by atoms with Crippen LogP contribution in [0, 0.1) is 23.7 Å². The molecule has 1 aliphatic carbocycles. The maximum Gasteiger partial charge on any atom is 0.0432 e. The minimum atomic E-state index is 0. The van der Waals surface area contributed by atoms with Gasteiger partial charge in [0.25, 0.3) is 0 Å². The van der Waals surface area contributed by atoms with Gasteiger partial charge in [-0.05, 0) is 24.0 Å². The van der Waals surface area contributed by atoms with E-state index in [4.69, 9.17) is 0 Å². The van der Waals surface area contributed by atoms with E-state index in [2.05, 4.69) is 48.9 Å². The zero-order valence-electron chi connectivity index (χ0n) is 9.64. The van der Waals surface area contributed by atoms with Gasteiger partial charge in [0.1, 0.15) is 0 Å².